The second kappa shape index (κ2) is 6.15. The van der Waals surface area contributed by atoms with E-state index in [1.807, 2.05) is 7.05 Å². The quantitative estimate of drug-likeness (QED) is 0.399. The van der Waals surface area contributed by atoms with Crippen LogP contribution < -0.4 is 11.1 Å². The summed E-state index contributed by atoms with van der Waals surface area (Å²) < 4.78 is 0. The third kappa shape index (κ3) is 3.92. The molecule has 1 rings (SSSR count). The number of likely N-dealkylation sites (tertiary alicyclic amines) is 1. The van der Waals surface area contributed by atoms with Crippen molar-refractivity contribution in [3.63, 3.8) is 0 Å². The lowest BCUT2D eigenvalue weighted by Crippen LogP contribution is -2.37. The Balaban J connectivity index is 2.32. The molecule has 16 heavy (non-hydrogen) atoms. The summed E-state index contributed by atoms with van der Waals surface area (Å²) in [7, 11) is 1.84. The van der Waals surface area contributed by atoms with Gasteiger partial charge in [-0.25, -0.2) is 0 Å². The number of guanidine groups is 1. The molecule has 1 aliphatic heterocycles. The van der Waals surface area contributed by atoms with Gasteiger partial charge in [0, 0.05) is 33.1 Å². The second-order valence-electron chi connectivity index (χ2n) is 4.07. The van der Waals surface area contributed by atoms with Gasteiger partial charge in [-0.3, -0.25) is 9.79 Å². The summed E-state index contributed by atoms with van der Waals surface area (Å²) in [5.74, 6) is 0.947. The van der Waals surface area contributed by atoms with Gasteiger partial charge in [0.2, 0.25) is 5.91 Å². The van der Waals surface area contributed by atoms with Crippen LogP contribution in [0, 0.1) is 5.92 Å². The van der Waals surface area contributed by atoms with E-state index in [0.717, 1.165) is 13.0 Å². The third-order valence-corrected chi connectivity index (χ3v) is 2.71. The molecule has 0 aromatic heterocycles. The first-order chi connectivity index (χ1) is 7.63. The number of carbonyl (C=O) groups excluding carboxylic acids is 1. The van der Waals surface area contributed by atoms with E-state index in [4.69, 9.17) is 5.73 Å². The van der Waals surface area contributed by atoms with Crippen LogP contribution in [0.5, 0.6) is 0 Å². The van der Waals surface area contributed by atoms with Crippen LogP contribution in [0.2, 0.25) is 0 Å². The molecule has 0 saturated carbocycles. The molecule has 1 saturated heterocycles. The fraction of sp³-hybridized carbons (Fsp3) is 0.636. The maximum Gasteiger partial charge on any atom is 0.222 e. The number of rotatable bonds is 4. The molecule has 1 heterocycles. The van der Waals surface area contributed by atoms with Crippen molar-refractivity contribution in [2.45, 2.75) is 12.8 Å². The zero-order valence-electron chi connectivity index (χ0n) is 9.78. The molecule has 5 heteroatoms. The molecule has 0 aliphatic carbocycles. The van der Waals surface area contributed by atoms with Gasteiger partial charge in [0.1, 0.15) is 0 Å². The van der Waals surface area contributed by atoms with E-state index in [1.54, 1.807) is 11.0 Å². The molecule has 5 nitrogen and oxygen atoms in total. The van der Waals surface area contributed by atoms with Gasteiger partial charge < -0.3 is 16.0 Å². The number of hydrogen-bond donors (Lipinski definition) is 2. The van der Waals surface area contributed by atoms with Crippen LogP contribution in [-0.4, -0.2) is 43.4 Å². The molecule has 1 amide bonds. The van der Waals surface area contributed by atoms with Crippen molar-refractivity contribution < 1.29 is 4.79 Å². The average Bonchev–Trinajstić information content (AvgIpc) is 2.28. The molecule has 0 aromatic carbocycles. The standard InChI is InChI=1S/C11H20N4O/c1-3-5-13-11(12)14-8-9-4-6-15(2)10(16)7-9/h3,9H,1,4-8H2,2H3,(H3,12,13,14). The van der Waals surface area contributed by atoms with Crippen LogP contribution in [-0.2, 0) is 4.79 Å². The number of nitrogens with two attached hydrogens (primary N) is 1. The van der Waals surface area contributed by atoms with Crippen LogP contribution >= 0.6 is 0 Å². The summed E-state index contributed by atoms with van der Waals surface area (Å²) in [6.45, 7) is 5.63. The smallest absolute Gasteiger partial charge is 0.222 e. The molecular formula is C11H20N4O. The minimum Gasteiger partial charge on any atom is -0.370 e. The summed E-state index contributed by atoms with van der Waals surface area (Å²) >= 11 is 0. The van der Waals surface area contributed by atoms with E-state index in [-0.39, 0.29) is 5.91 Å². The molecule has 0 bridgehead atoms. The minimum absolute atomic E-state index is 0.198. The van der Waals surface area contributed by atoms with Crippen LogP contribution in [0.4, 0.5) is 0 Å². The van der Waals surface area contributed by atoms with Gasteiger partial charge in [-0.15, -0.1) is 6.58 Å². The fourth-order valence-electron chi connectivity index (χ4n) is 1.62. The van der Waals surface area contributed by atoms with E-state index >= 15 is 0 Å². The lowest BCUT2D eigenvalue weighted by atomic mass is 9.97. The highest BCUT2D eigenvalue weighted by molar-refractivity contribution is 5.78. The largest absolute Gasteiger partial charge is 0.370 e. The van der Waals surface area contributed by atoms with Crippen molar-refractivity contribution in [2.75, 3.05) is 26.7 Å². The zero-order chi connectivity index (χ0) is 12.0. The molecule has 1 atom stereocenters. The maximum absolute atomic E-state index is 11.4. The van der Waals surface area contributed by atoms with E-state index in [9.17, 15) is 4.79 Å². The van der Waals surface area contributed by atoms with Crippen molar-refractivity contribution >= 4 is 11.9 Å². The summed E-state index contributed by atoms with van der Waals surface area (Å²) in [4.78, 5) is 17.4. The van der Waals surface area contributed by atoms with Crippen LogP contribution in [0.1, 0.15) is 12.8 Å². The Morgan fingerprint density at radius 2 is 2.56 bits per heavy atom. The highest BCUT2D eigenvalue weighted by Crippen LogP contribution is 2.17. The molecular weight excluding hydrogens is 204 g/mol. The highest BCUT2D eigenvalue weighted by atomic mass is 16.2. The first-order valence-electron chi connectivity index (χ1n) is 5.52. The van der Waals surface area contributed by atoms with Gasteiger partial charge in [0.15, 0.2) is 5.96 Å². The molecule has 1 aliphatic rings. The summed E-state index contributed by atoms with van der Waals surface area (Å²) in [5.41, 5.74) is 5.63. The predicted octanol–water partition coefficient (Wildman–Crippen LogP) is -0.0549. The zero-order valence-corrected chi connectivity index (χ0v) is 9.78. The predicted molar refractivity (Wildman–Crippen MR) is 65.1 cm³/mol. The van der Waals surface area contributed by atoms with E-state index in [0.29, 0.717) is 31.4 Å². The van der Waals surface area contributed by atoms with Crippen molar-refractivity contribution in [1.29, 1.82) is 0 Å². The van der Waals surface area contributed by atoms with Gasteiger partial charge in [0.05, 0.1) is 0 Å². The van der Waals surface area contributed by atoms with Gasteiger partial charge in [0.25, 0.3) is 0 Å². The number of carbonyl (C=O) groups is 1. The Morgan fingerprint density at radius 3 is 3.19 bits per heavy atom. The number of piperidine rings is 1. The van der Waals surface area contributed by atoms with Crippen LogP contribution in [0.15, 0.2) is 17.6 Å². The van der Waals surface area contributed by atoms with E-state index in [1.165, 1.54) is 0 Å². The Kier molecular flexibility index (Phi) is 4.82. The monoisotopic (exact) mass is 224 g/mol. The van der Waals surface area contributed by atoms with Crippen molar-refractivity contribution in [1.82, 2.24) is 10.2 Å². The number of amides is 1. The Hall–Kier alpha value is -1.52. The summed E-state index contributed by atoms with van der Waals surface area (Å²) in [6.07, 6.45) is 3.30. The number of nitrogens with one attached hydrogen (secondary N) is 1. The summed E-state index contributed by atoms with van der Waals surface area (Å²) in [5, 5.41) is 2.91. The van der Waals surface area contributed by atoms with Gasteiger partial charge in [-0.1, -0.05) is 6.08 Å². The molecule has 0 spiro atoms. The fourth-order valence-corrected chi connectivity index (χ4v) is 1.62. The second-order valence-corrected chi connectivity index (χ2v) is 4.07. The molecule has 1 fully saturated rings. The van der Waals surface area contributed by atoms with Crippen molar-refractivity contribution in [2.24, 2.45) is 16.6 Å². The first-order valence-corrected chi connectivity index (χ1v) is 5.52. The first kappa shape index (κ1) is 12.5. The molecule has 1 unspecified atom stereocenters. The van der Waals surface area contributed by atoms with Gasteiger partial charge >= 0.3 is 0 Å². The SMILES string of the molecule is C=CCNC(N)=NCC1CCN(C)C(=O)C1. The van der Waals surface area contributed by atoms with Crippen LogP contribution in [0.25, 0.3) is 0 Å². The number of nitrogens with zero attached hydrogens (tertiary/aromatic N) is 2. The minimum atomic E-state index is 0.198. The Morgan fingerprint density at radius 1 is 1.81 bits per heavy atom. The molecule has 0 radical (unpaired) electrons. The normalized spacial score (nSPS) is 22.1. The van der Waals surface area contributed by atoms with E-state index < -0.39 is 0 Å². The topological polar surface area (TPSA) is 70.7 Å². The third-order valence-electron chi connectivity index (χ3n) is 2.71. The maximum atomic E-state index is 11.4. The Bertz CT molecular complexity index is 288. The van der Waals surface area contributed by atoms with E-state index in [2.05, 4.69) is 16.9 Å². The lowest BCUT2D eigenvalue weighted by molar-refractivity contribution is -0.133. The average molecular weight is 224 g/mol. The summed E-state index contributed by atoms with van der Waals surface area (Å²) in [6, 6.07) is 0. The van der Waals surface area contributed by atoms with Crippen LogP contribution in [0.3, 0.4) is 0 Å². The highest BCUT2D eigenvalue weighted by Gasteiger charge is 2.22. The van der Waals surface area contributed by atoms with Crippen molar-refractivity contribution in [3.05, 3.63) is 12.7 Å². The lowest BCUT2D eigenvalue weighted by Gasteiger charge is -2.27. The number of aliphatic imine (C=N–C) groups is 1. The number of hydrogen-bond acceptors (Lipinski definition) is 2. The Labute approximate surface area is 96.4 Å². The molecule has 3 N–H and O–H groups in total. The van der Waals surface area contributed by atoms with Gasteiger partial charge in [-0.2, -0.15) is 0 Å². The molecule has 0 aromatic rings. The van der Waals surface area contributed by atoms with Crippen molar-refractivity contribution in [3.8, 4) is 0 Å². The van der Waals surface area contributed by atoms with Gasteiger partial charge in [-0.05, 0) is 12.3 Å². The molecule has 90 valence electrons.